The number of nitrogens with one attached hydrogen (secondary N) is 1. The van der Waals surface area contributed by atoms with Gasteiger partial charge in [-0.2, -0.15) is 0 Å². The summed E-state index contributed by atoms with van der Waals surface area (Å²) in [5, 5.41) is 11.6. The number of amides is 1. The second-order valence-electron chi connectivity index (χ2n) is 5.31. The van der Waals surface area contributed by atoms with Gasteiger partial charge in [0.15, 0.2) is 0 Å². The number of carbonyl (C=O) groups excluding carboxylic acids is 1. The molecule has 0 bridgehead atoms. The average molecular weight is 255 g/mol. The van der Waals surface area contributed by atoms with Crippen LogP contribution in [0.1, 0.15) is 64.7 Å². The standard InChI is InChI=1S/C14H25NO3/c1-2-11-6-5-7-12(10-11)15-13(16)8-3-4-9-14(17)18/h11-12H,2-10H2,1H3,(H,15,16)(H,17,18). The van der Waals surface area contributed by atoms with Crippen LogP contribution in [0.25, 0.3) is 0 Å². The molecule has 0 spiro atoms. The first kappa shape index (κ1) is 15.0. The summed E-state index contributed by atoms with van der Waals surface area (Å²) in [5.41, 5.74) is 0. The lowest BCUT2D eigenvalue weighted by molar-refractivity contribution is -0.137. The van der Waals surface area contributed by atoms with E-state index in [4.69, 9.17) is 5.11 Å². The number of unbranched alkanes of at least 4 members (excludes halogenated alkanes) is 1. The quantitative estimate of drug-likeness (QED) is 0.687. The summed E-state index contributed by atoms with van der Waals surface area (Å²) < 4.78 is 0. The Labute approximate surface area is 109 Å². The van der Waals surface area contributed by atoms with Gasteiger partial charge in [0.1, 0.15) is 0 Å². The van der Waals surface area contributed by atoms with E-state index in [9.17, 15) is 9.59 Å². The summed E-state index contributed by atoms with van der Waals surface area (Å²) in [4.78, 5) is 22.0. The molecule has 0 saturated heterocycles. The molecule has 0 heterocycles. The van der Waals surface area contributed by atoms with Gasteiger partial charge in [-0.25, -0.2) is 0 Å². The van der Waals surface area contributed by atoms with Crippen LogP contribution in [0.3, 0.4) is 0 Å². The molecule has 2 N–H and O–H groups in total. The molecule has 1 aliphatic rings. The Balaban J connectivity index is 2.13. The molecule has 0 aliphatic heterocycles. The minimum Gasteiger partial charge on any atom is -0.481 e. The summed E-state index contributed by atoms with van der Waals surface area (Å²) in [6.45, 7) is 2.21. The van der Waals surface area contributed by atoms with Crippen LogP contribution in [0, 0.1) is 5.92 Å². The van der Waals surface area contributed by atoms with E-state index in [1.54, 1.807) is 0 Å². The highest BCUT2D eigenvalue weighted by Crippen LogP contribution is 2.26. The smallest absolute Gasteiger partial charge is 0.303 e. The summed E-state index contributed by atoms with van der Waals surface area (Å²) in [5.74, 6) is 0.0617. The van der Waals surface area contributed by atoms with Crippen molar-refractivity contribution in [2.75, 3.05) is 0 Å². The van der Waals surface area contributed by atoms with Crippen LogP contribution in [-0.2, 0) is 9.59 Å². The van der Waals surface area contributed by atoms with E-state index in [0.29, 0.717) is 25.3 Å². The van der Waals surface area contributed by atoms with Crippen molar-refractivity contribution in [2.45, 2.75) is 70.8 Å². The molecule has 1 saturated carbocycles. The molecule has 0 aromatic carbocycles. The van der Waals surface area contributed by atoms with E-state index in [1.165, 1.54) is 19.3 Å². The van der Waals surface area contributed by atoms with Gasteiger partial charge < -0.3 is 10.4 Å². The van der Waals surface area contributed by atoms with Gasteiger partial charge in [0.05, 0.1) is 0 Å². The second-order valence-corrected chi connectivity index (χ2v) is 5.31. The molecular formula is C14H25NO3. The maximum Gasteiger partial charge on any atom is 0.303 e. The molecule has 0 radical (unpaired) electrons. The van der Waals surface area contributed by atoms with Gasteiger partial charge in [0.25, 0.3) is 0 Å². The fourth-order valence-corrected chi connectivity index (χ4v) is 2.65. The highest BCUT2D eigenvalue weighted by Gasteiger charge is 2.21. The number of carboxylic acid groups (broad SMARTS) is 1. The number of carboxylic acids is 1. The van der Waals surface area contributed by atoms with Gasteiger partial charge >= 0.3 is 5.97 Å². The molecule has 104 valence electrons. The first-order valence-electron chi connectivity index (χ1n) is 7.13. The Hall–Kier alpha value is -1.06. The fourth-order valence-electron chi connectivity index (χ4n) is 2.65. The third kappa shape index (κ3) is 6.03. The Bertz CT molecular complexity index is 278. The second kappa shape index (κ2) is 8.11. The summed E-state index contributed by atoms with van der Waals surface area (Å²) in [7, 11) is 0. The number of carbonyl (C=O) groups is 2. The molecule has 2 atom stereocenters. The van der Waals surface area contributed by atoms with Crippen molar-refractivity contribution in [2.24, 2.45) is 5.92 Å². The van der Waals surface area contributed by atoms with E-state index in [1.807, 2.05) is 0 Å². The van der Waals surface area contributed by atoms with Crippen LogP contribution in [0.5, 0.6) is 0 Å². The van der Waals surface area contributed by atoms with E-state index in [-0.39, 0.29) is 12.3 Å². The van der Waals surface area contributed by atoms with Crippen LogP contribution >= 0.6 is 0 Å². The third-order valence-electron chi connectivity index (χ3n) is 3.77. The van der Waals surface area contributed by atoms with Crippen molar-refractivity contribution in [3.05, 3.63) is 0 Å². The van der Waals surface area contributed by atoms with E-state index < -0.39 is 5.97 Å². The van der Waals surface area contributed by atoms with Gasteiger partial charge in [-0.05, 0) is 31.6 Å². The minimum atomic E-state index is -0.784. The van der Waals surface area contributed by atoms with Gasteiger partial charge in [0, 0.05) is 18.9 Å². The van der Waals surface area contributed by atoms with Gasteiger partial charge in [-0.15, -0.1) is 0 Å². The van der Waals surface area contributed by atoms with Crippen LogP contribution in [0.15, 0.2) is 0 Å². The lowest BCUT2D eigenvalue weighted by atomic mass is 9.84. The summed E-state index contributed by atoms with van der Waals surface area (Å²) in [6.07, 6.45) is 7.78. The predicted molar refractivity (Wildman–Crippen MR) is 70.3 cm³/mol. The lowest BCUT2D eigenvalue weighted by Crippen LogP contribution is -2.38. The molecule has 0 aromatic rings. The van der Waals surface area contributed by atoms with Crippen molar-refractivity contribution in [1.29, 1.82) is 0 Å². The molecule has 4 nitrogen and oxygen atoms in total. The third-order valence-corrected chi connectivity index (χ3v) is 3.77. The van der Waals surface area contributed by atoms with Gasteiger partial charge in [-0.1, -0.05) is 26.2 Å². The molecule has 1 amide bonds. The number of aliphatic carboxylic acids is 1. The Morgan fingerprint density at radius 2 is 1.94 bits per heavy atom. The number of rotatable bonds is 7. The number of hydrogen-bond acceptors (Lipinski definition) is 2. The van der Waals surface area contributed by atoms with Crippen LogP contribution in [0.2, 0.25) is 0 Å². The van der Waals surface area contributed by atoms with E-state index in [0.717, 1.165) is 18.8 Å². The van der Waals surface area contributed by atoms with Crippen molar-refractivity contribution in [3.8, 4) is 0 Å². The Kier molecular flexibility index (Phi) is 6.76. The van der Waals surface area contributed by atoms with Gasteiger partial charge in [0.2, 0.25) is 5.91 Å². The molecule has 2 unspecified atom stereocenters. The van der Waals surface area contributed by atoms with Crippen LogP contribution in [0.4, 0.5) is 0 Å². The number of hydrogen-bond donors (Lipinski definition) is 2. The largest absolute Gasteiger partial charge is 0.481 e. The first-order valence-corrected chi connectivity index (χ1v) is 7.13. The zero-order valence-corrected chi connectivity index (χ0v) is 11.3. The van der Waals surface area contributed by atoms with E-state index in [2.05, 4.69) is 12.2 Å². The molecule has 1 fully saturated rings. The normalized spacial score (nSPS) is 23.6. The van der Waals surface area contributed by atoms with Crippen molar-refractivity contribution < 1.29 is 14.7 Å². The molecule has 18 heavy (non-hydrogen) atoms. The predicted octanol–water partition coefficient (Wildman–Crippen LogP) is 2.72. The summed E-state index contributed by atoms with van der Waals surface area (Å²) >= 11 is 0. The highest BCUT2D eigenvalue weighted by molar-refractivity contribution is 5.76. The first-order chi connectivity index (χ1) is 8.61. The van der Waals surface area contributed by atoms with Crippen LogP contribution in [-0.4, -0.2) is 23.0 Å². The molecule has 1 rings (SSSR count). The summed E-state index contributed by atoms with van der Waals surface area (Å²) in [6, 6.07) is 0.343. The molecule has 1 aliphatic carbocycles. The minimum absolute atomic E-state index is 0.0853. The molecular weight excluding hydrogens is 230 g/mol. The topological polar surface area (TPSA) is 66.4 Å². The van der Waals surface area contributed by atoms with E-state index >= 15 is 0 Å². The zero-order chi connectivity index (χ0) is 13.4. The van der Waals surface area contributed by atoms with Crippen molar-refractivity contribution in [1.82, 2.24) is 5.32 Å². The fraction of sp³-hybridized carbons (Fsp3) is 0.857. The lowest BCUT2D eigenvalue weighted by Gasteiger charge is -2.29. The Morgan fingerprint density at radius 3 is 2.61 bits per heavy atom. The van der Waals surface area contributed by atoms with Gasteiger partial charge in [-0.3, -0.25) is 9.59 Å². The average Bonchev–Trinajstić information content (AvgIpc) is 2.34. The zero-order valence-electron chi connectivity index (χ0n) is 11.3. The Morgan fingerprint density at radius 1 is 1.22 bits per heavy atom. The SMILES string of the molecule is CCC1CCCC(NC(=O)CCCCC(=O)O)C1. The van der Waals surface area contributed by atoms with Crippen molar-refractivity contribution in [3.63, 3.8) is 0 Å². The van der Waals surface area contributed by atoms with Crippen LogP contribution < -0.4 is 5.32 Å². The maximum absolute atomic E-state index is 11.7. The molecule has 4 heteroatoms. The molecule has 0 aromatic heterocycles. The maximum atomic E-state index is 11.7. The van der Waals surface area contributed by atoms with Crippen molar-refractivity contribution >= 4 is 11.9 Å². The monoisotopic (exact) mass is 255 g/mol. The highest BCUT2D eigenvalue weighted by atomic mass is 16.4.